The topological polar surface area (TPSA) is 3.24 Å². The molecule has 342 valence electrons. The van der Waals surface area contributed by atoms with Gasteiger partial charge in [0.2, 0.25) is 0 Å². The van der Waals surface area contributed by atoms with Crippen LogP contribution in [0.1, 0.15) is 22.3 Å². The van der Waals surface area contributed by atoms with E-state index in [1.54, 1.807) is 0 Å². The number of hydrogen-bond acceptors (Lipinski definition) is 2. The summed E-state index contributed by atoms with van der Waals surface area (Å²) in [4.78, 5) is 2.46. The van der Waals surface area contributed by atoms with Gasteiger partial charge in [0.25, 0.3) is 0 Å². The van der Waals surface area contributed by atoms with E-state index < -0.39 is 5.41 Å². The summed E-state index contributed by atoms with van der Waals surface area (Å²) in [6.07, 6.45) is 0. The van der Waals surface area contributed by atoms with Crippen molar-refractivity contribution in [2.45, 2.75) is 5.41 Å². The van der Waals surface area contributed by atoms with E-state index in [0.717, 1.165) is 17.1 Å². The average molecular weight is 946 g/mol. The maximum Gasteiger partial charge on any atom is 0.0713 e. The molecule has 1 aliphatic carbocycles. The highest BCUT2D eigenvalue weighted by atomic mass is 32.1. The molecule has 1 aromatic heterocycles. The molecule has 0 amide bonds. The van der Waals surface area contributed by atoms with Crippen LogP contribution in [-0.4, -0.2) is 0 Å². The van der Waals surface area contributed by atoms with Crippen molar-refractivity contribution in [1.82, 2.24) is 0 Å². The third-order valence-corrected chi connectivity index (χ3v) is 16.4. The average Bonchev–Trinajstić information content (AvgIpc) is 4.01. The minimum absolute atomic E-state index is 0.467. The van der Waals surface area contributed by atoms with Gasteiger partial charge in [0.1, 0.15) is 0 Å². The van der Waals surface area contributed by atoms with Crippen molar-refractivity contribution in [3.05, 3.63) is 307 Å². The van der Waals surface area contributed by atoms with Crippen molar-refractivity contribution in [1.29, 1.82) is 0 Å². The lowest BCUT2D eigenvalue weighted by atomic mass is 9.67. The van der Waals surface area contributed by atoms with E-state index in [0.29, 0.717) is 0 Å². The van der Waals surface area contributed by atoms with Crippen LogP contribution < -0.4 is 4.90 Å². The smallest absolute Gasteiger partial charge is 0.0713 e. The number of anilines is 3. The third kappa shape index (κ3) is 7.06. The largest absolute Gasteiger partial charge is 0.310 e. The van der Waals surface area contributed by atoms with E-state index in [4.69, 9.17) is 0 Å². The van der Waals surface area contributed by atoms with Crippen LogP contribution in [-0.2, 0) is 5.41 Å². The van der Waals surface area contributed by atoms with Gasteiger partial charge in [-0.25, -0.2) is 0 Å². The van der Waals surface area contributed by atoms with Gasteiger partial charge in [0, 0.05) is 31.5 Å². The quantitative estimate of drug-likeness (QED) is 0.139. The fraction of sp³-hybridized carbons (Fsp3) is 0.0141. The summed E-state index contributed by atoms with van der Waals surface area (Å²) in [5.41, 5.74) is 20.2. The number of thiophene rings is 1. The monoisotopic (exact) mass is 945 g/mol. The predicted molar refractivity (Wildman–Crippen MR) is 311 cm³/mol. The molecule has 12 aromatic carbocycles. The van der Waals surface area contributed by atoms with Crippen molar-refractivity contribution in [2.75, 3.05) is 4.90 Å². The van der Waals surface area contributed by atoms with Crippen LogP contribution in [0.15, 0.2) is 285 Å². The van der Waals surface area contributed by atoms with E-state index in [2.05, 4.69) is 290 Å². The Bertz CT molecular complexity index is 4130. The number of fused-ring (bicyclic) bond motifs is 7. The molecule has 0 aliphatic heterocycles. The number of nitrogens with zero attached hydrogens (tertiary/aromatic N) is 1. The molecular formula is C71H47NS. The van der Waals surface area contributed by atoms with Crippen LogP contribution in [0.2, 0.25) is 0 Å². The van der Waals surface area contributed by atoms with Gasteiger partial charge < -0.3 is 4.90 Å². The van der Waals surface area contributed by atoms with Crippen molar-refractivity contribution in [2.24, 2.45) is 0 Å². The van der Waals surface area contributed by atoms with Gasteiger partial charge >= 0.3 is 0 Å². The lowest BCUT2D eigenvalue weighted by Crippen LogP contribution is -2.28. The Morgan fingerprint density at radius 1 is 0.301 bits per heavy atom. The zero-order chi connectivity index (χ0) is 48.3. The molecule has 0 N–H and O–H groups in total. The highest BCUT2D eigenvalue weighted by molar-refractivity contribution is 7.26. The molecule has 0 saturated heterocycles. The molecule has 13 aromatic rings. The lowest BCUT2D eigenvalue weighted by molar-refractivity contribution is 0.769. The van der Waals surface area contributed by atoms with Gasteiger partial charge in [-0.3, -0.25) is 0 Å². The minimum Gasteiger partial charge on any atom is -0.310 e. The summed E-state index contributed by atoms with van der Waals surface area (Å²) >= 11 is 1.88. The zero-order valence-electron chi connectivity index (χ0n) is 40.0. The first-order valence-electron chi connectivity index (χ1n) is 25.2. The standard InChI is InChI=1S/C71H47NS/c1-4-18-51(19-5-1)61-44-45-67(69-64-30-13-15-33-68(64)73-70(61)69)72(57-39-34-48(35-40-57)52-22-16-23-54(46-52)60-31-17-21-50-20-10-11-28-59(50)60)58-41-36-49(37-42-58)53-38-43-63-62-29-12-14-32-65(62)71(66(63)47-53,55-24-6-2-7-25-55)56-26-8-3-9-27-56/h1-47H. The van der Waals surface area contributed by atoms with E-state index in [-0.39, 0.29) is 0 Å². The maximum atomic E-state index is 2.46. The van der Waals surface area contributed by atoms with Gasteiger partial charge in [-0.1, -0.05) is 237 Å². The van der Waals surface area contributed by atoms with Crippen LogP contribution in [0.5, 0.6) is 0 Å². The Balaban J connectivity index is 0.911. The molecule has 2 heteroatoms. The first-order chi connectivity index (χ1) is 36.2. The van der Waals surface area contributed by atoms with E-state index >= 15 is 0 Å². The maximum absolute atomic E-state index is 2.46. The van der Waals surface area contributed by atoms with Gasteiger partial charge in [-0.15, -0.1) is 11.3 Å². The Hall–Kier alpha value is -9.08. The summed E-state index contributed by atoms with van der Waals surface area (Å²) in [6.45, 7) is 0. The summed E-state index contributed by atoms with van der Waals surface area (Å²) in [6, 6.07) is 105. The molecule has 0 spiro atoms. The Morgan fingerprint density at radius 2 is 0.808 bits per heavy atom. The molecule has 0 fully saturated rings. The van der Waals surface area contributed by atoms with Crippen LogP contribution in [0, 0.1) is 0 Å². The summed E-state index contributed by atoms with van der Waals surface area (Å²) in [7, 11) is 0. The molecule has 1 aliphatic rings. The predicted octanol–water partition coefficient (Wildman–Crippen LogP) is 19.7. The summed E-state index contributed by atoms with van der Waals surface area (Å²) < 4.78 is 2.56. The molecule has 0 atom stereocenters. The highest BCUT2D eigenvalue weighted by Crippen LogP contribution is 2.57. The molecule has 0 radical (unpaired) electrons. The minimum atomic E-state index is -0.467. The Morgan fingerprint density at radius 3 is 1.53 bits per heavy atom. The Labute approximate surface area is 430 Å². The fourth-order valence-electron chi connectivity index (χ4n) is 11.8. The van der Waals surface area contributed by atoms with Crippen LogP contribution in [0.25, 0.3) is 86.6 Å². The fourth-order valence-corrected chi connectivity index (χ4v) is 13.1. The van der Waals surface area contributed by atoms with Crippen molar-refractivity contribution < 1.29 is 0 Å². The summed E-state index contributed by atoms with van der Waals surface area (Å²) in [5.74, 6) is 0. The first-order valence-corrected chi connectivity index (χ1v) is 26.0. The van der Waals surface area contributed by atoms with E-state index in [1.807, 2.05) is 11.3 Å². The molecule has 73 heavy (non-hydrogen) atoms. The van der Waals surface area contributed by atoms with Gasteiger partial charge in [-0.05, 0) is 137 Å². The van der Waals surface area contributed by atoms with Crippen molar-refractivity contribution in [3.8, 4) is 55.6 Å². The van der Waals surface area contributed by atoms with E-state index in [1.165, 1.54) is 109 Å². The van der Waals surface area contributed by atoms with Gasteiger partial charge in [-0.2, -0.15) is 0 Å². The molecule has 0 bridgehead atoms. The SMILES string of the molecule is c1ccc(-c2ccc(N(c3ccc(-c4cccc(-c5cccc6ccccc56)c4)cc3)c3ccc(-c4ccc5c(c4)C(c4ccccc4)(c4ccccc4)c4ccccc4-5)cc3)c3c2sc2ccccc23)cc1. The molecule has 1 nitrogen and oxygen atoms in total. The van der Waals surface area contributed by atoms with Crippen LogP contribution >= 0.6 is 11.3 Å². The van der Waals surface area contributed by atoms with Crippen LogP contribution in [0.3, 0.4) is 0 Å². The van der Waals surface area contributed by atoms with Crippen molar-refractivity contribution in [3.63, 3.8) is 0 Å². The van der Waals surface area contributed by atoms with E-state index in [9.17, 15) is 0 Å². The van der Waals surface area contributed by atoms with Crippen molar-refractivity contribution >= 4 is 59.3 Å². The second-order valence-corrected chi connectivity index (χ2v) is 20.2. The third-order valence-electron chi connectivity index (χ3n) is 15.2. The second-order valence-electron chi connectivity index (χ2n) is 19.1. The van der Waals surface area contributed by atoms with Gasteiger partial charge in [0.15, 0.2) is 0 Å². The second kappa shape index (κ2) is 17.6. The molecule has 0 saturated carbocycles. The number of hydrogen-bond donors (Lipinski definition) is 0. The van der Waals surface area contributed by atoms with Gasteiger partial charge in [0.05, 0.1) is 11.1 Å². The molecular weight excluding hydrogens is 899 g/mol. The molecule has 1 heterocycles. The zero-order valence-corrected chi connectivity index (χ0v) is 40.8. The summed E-state index contributed by atoms with van der Waals surface area (Å²) in [5, 5.41) is 5.03. The first kappa shape index (κ1) is 42.8. The molecule has 14 rings (SSSR count). The highest BCUT2D eigenvalue weighted by Gasteiger charge is 2.46. The normalized spacial score (nSPS) is 12.5. The lowest BCUT2D eigenvalue weighted by Gasteiger charge is -2.34. The Kier molecular flexibility index (Phi) is 10.3. The molecule has 0 unspecified atom stereocenters. The number of benzene rings is 12. The van der Waals surface area contributed by atoms with Crippen LogP contribution in [0.4, 0.5) is 17.1 Å². The number of rotatable bonds is 9.